The second kappa shape index (κ2) is 5.71. The van der Waals surface area contributed by atoms with Gasteiger partial charge in [-0.3, -0.25) is 10.1 Å². The van der Waals surface area contributed by atoms with E-state index in [1.54, 1.807) is 25.1 Å². The number of ether oxygens (including phenoxy) is 1. The SMILES string of the molecule is Cc1cc(C)c([N+](=O)[O-])cc1Oc1ccc(CN)cc1. The van der Waals surface area contributed by atoms with Crippen LogP contribution in [-0.4, -0.2) is 4.92 Å². The molecule has 0 saturated heterocycles. The minimum Gasteiger partial charge on any atom is -0.457 e. The zero-order valence-corrected chi connectivity index (χ0v) is 11.4. The minimum absolute atomic E-state index is 0.0594. The van der Waals surface area contributed by atoms with Gasteiger partial charge in [-0.2, -0.15) is 0 Å². The van der Waals surface area contributed by atoms with Crippen LogP contribution in [0, 0.1) is 24.0 Å². The van der Waals surface area contributed by atoms with Crippen molar-refractivity contribution in [3.05, 3.63) is 63.2 Å². The predicted molar refractivity (Wildman–Crippen MR) is 77.0 cm³/mol. The lowest BCUT2D eigenvalue weighted by molar-refractivity contribution is -0.385. The number of hydrogen-bond donors (Lipinski definition) is 1. The van der Waals surface area contributed by atoms with Crippen molar-refractivity contribution in [1.29, 1.82) is 0 Å². The number of rotatable bonds is 4. The molecule has 0 aromatic heterocycles. The molecule has 2 rings (SSSR count). The molecule has 0 fully saturated rings. The highest BCUT2D eigenvalue weighted by atomic mass is 16.6. The highest BCUT2D eigenvalue weighted by molar-refractivity contribution is 5.51. The van der Waals surface area contributed by atoms with Crippen molar-refractivity contribution in [2.75, 3.05) is 0 Å². The van der Waals surface area contributed by atoms with E-state index in [9.17, 15) is 10.1 Å². The number of hydrogen-bond acceptors (Lipinski definition) is 4. The van der Waals surface area contributed by atoms with Gasteiger partial charge >= 0.3 is 0 Å². The van der Waals surface area contributed by atoms with Gasteiger partial charge in [-0.15, -0.1) is 0 Å². The highest BCUT2D eigenvalue weighted by Crippen LogP contribution is 2.31. The number of nitrogens with two attached hydrogens (primary N) is 1. The lowest BCUT2D eigenvalue weighted by atomic mass is 10.1. The van der Waals surface area contributed by atoms with Crippen LogP contribution in [0.5, 0.6) is 11.5 Å². The third-order valence-electron chi connectivity index (χ3n) is 3.08. The molecule has 0 radical (unpaired) electrons. The summed E-state index contributed by atoms with van der Waals surface area (Å²) in [6.07, 6.45) is 0. The summed E-state index contributed by atoms with van der Waals surface area (Å²) < 4.78 is 5.71. The summed E-state index contributed by atoms with van der Waals surface area (Å²) in [7, 11) is 0. The summed E-state index contributed by atoms with van der Waals surface area (Å²) in [4.78, 5) is 10.6. The third-order valence-corrected chi connectivity index (χ3v) is 3.08. The Kier molecular flexibility index (Phi) is 4.00. The average Bonchev–Trinajstić information content (AvgIpc) is 2.42. The first-order chi connectivity index (χ1) is 9.51. The molecule has 0 saturated carbocycles. The van der Waals surface area contributed by atoms with E-state index in [1.165, 1.54) is 6.07 Å². The van der Waals surface area contributed by atoms with E-state index >= 15 is 0 Å². The number of nitrogens with zero attached hydrogens (tertiary/aromatic N) is 1. The van der Waals surface area contributed by atoms with Crippen LogP contribution >= 0.6 is 0 Å². The number of benzene rings is 2. The van der Waals surface area contributed by atoms with E-state index in [2.05, 4.69) is 0 Å². The van der Waals surface area contributed by atoms with E-state index in [1.807, 2.05) is 19.1 Å². The molecule has 104 valence electrons. The monoisotopic (exact) mass is 272 g/mol. The maximum atomic E-state index is 11.0. The van der Waals surface area contributed by atoms with Gasteiger partial charge in [0.2, 0.25) is 0 Å². The molecule has 0 heterocycles. The van der Waals surface area contributed by atoms with E-state index in [0.29, 0.717) is 23.6 Å². The molecule has 2 N–H and O–H groups in total. The number of aryl methyl sites for hydroxylation is 2. The standard InChI is InChI=1S/C15H16N2O3/c1-10-7-11(2)15(8-14(10)17(18)19)20-13-5-3-12(9-16)4-6-13/h3-8H,9,16H2,1-2H3. The Hall–Kier alpha value is -2.40. The van der Waals surface area contributed by atoms with Crippen LogP contribution in [0.4, 0.5) is 5.69 Å². The summed E-state index contributed by atoms with van der Waals surface area (Å²) >= 11 is 0. The van der Waals surface area contributed by atoms with E-state index in [0.717, 1.165) is 11.1 Å². The average molecular weight is 272 g/mol. The summed E-state index contributed by atoms with van der Waals surface area (Å²) in [5.41, 5.74) is 8.07. The van der Waals surface area contributed by atoms with E-state index in [4.69, 9.17) is 10.5 Å². The van der Waals surface area contributed by atoms with Crippen LogP contribution in [0.3, 0.4) is 0 Å². The van der Waals surface area contributed by atoms with Gasteiger partial charge in [0.25, 0.3) is 5.69 Å². The van der Waals surface area contributed by atoms with Crippen LogP contribution in [0.2, 0.25) is 0 Å². The van der Waals surface area contributed by atoms with Crippen LogP contribution in [0.15, 0.2) is 36.4 Å². The van der Waals surface area contributed by atoms with Gasteiger partial charge in [-0.05, 0) is 43.2 Å². The minimum atomic E-state index is -0.404. The first-order valence-electron chi connectivity index (χ1n) is 6.23. The van der Waals surface area contributed by atoms with Crippen LogP contribution in [0.25, 0.3) is 0 Å². The Morgan fingerprint density at radius 1 is 1.15 bits per heavy atom. The van der Waals surface area contributed by atoms with Crippen molar-refractivity contribution in [3.63, 3.8) is 0 Å². The lowest BCUT2D eigenvalue weighted by Gasteiger charge is -2.10. The van der Waals surface area contributed by atoms with Gasteiger partial charge in [0.15, 0.2) is 0 Å². The fraction of sp³-hybridized carbons (Fsp3) is 0.200. The molecule has 2 aromatic rings. The molecular weight excluding hydrogens is 256 g/mol. The summed E-state index contributed by atoms with van der Waals surface area (Å²) in [6.45, 7) is 4.04. The number of nitro benzene ring substituents is 1. The van der Waals surface area contributed by atoms with Crippen LogP contribution in [0.1, 0.15) is 16.7 Å². The van der Waals surface area contributed by atoms with E-state index < -0.39 is 4.92 Å². The second-order valence-electron chi connectivity index (χ2n) is 4.61. The van der Waals surface area contributed by atoms with Gasteiger partial charge in [0, 0.05) is 12.1 Å². The highest BCUT2D eigenvalue weighted by Gasteiger charge is 2.14. The van der Waals surface area contributed by atoms with Gasteiger partial charge in [-0.25, -0.2) is 0 Å². The zero-order valence-electron chi connectivity index (χ0n) is 11.4. The second-order valence-corrected chi connectivity index (χ2v) is 4.61. The first-order valence-corrected chi connectivity index (χ1v) is 6.23. The Labute approximate surface area is 117 Å². The third kappa shape index (κ3) is 2.95. The van der Waals surface area contributed by atoms with E-state index in [-0.39, 0.29) is 5.69 Å². The van der Waals surface area contributed by atoms with Crippen molar-refractivity contribution in [2.24, 2.45) is 5.73 Å². The Bertz CT molecular complexity index is 636. The molecule has 0 atom stereocenters. The molecule has 5 heteroatoms. The summed E-state index contributed by atoms with van der Waals surface area (Å²) in [6, 6.07) is 10.5. The number of nitro groups is 1. The fourth-order valence-electron chi connectivity index (χ4n) is 1.95. The van der Waals surface area contributed by atoms with Crippen molar-refractivity contribution in [1.82, 2.24) is 0 Å². The van der Waals surface area contributed by atoms with Gasteiger partial charge in [0.05, 0.1) is 11.0 Å². The van der Waals surface area contributed by atoms with Crippen LogP contribution < -0.4 is 10.5 Å². The van der Waals surface area contributed by atoms with Crippen molar-refractivity contribution in [2.45, 2.75) is 20.4 Å². The zero-order chi connectivity index (χ0) is 14.7. The molecule has 2 aromatic carbocycles. The molecule has 5 nitrogen and oxygen atoms in total. The van der Waals surface area contributed by atoms with Crippen molar-refractivity contribution >= 4 is 5.69 Å². The normalized spacial score (nSPS) is 10.3. The fourth-order valence-corrected chi connectivity index (χ4v) is 1.95. The molecule has 0 aliphatic carbocycles. The lowest BCUT2D eigenvalue weighted by Crippen LogP contribution is -1.97. The maximum Gasteiger partial charge on any atom is 0.276 e. The molecule has 0 unspecified atom stereocenters. The molecule has 0 bridgehead atoms. The Morgan fingerprint density at radius 2 is 1.80 bits per heavy atom. The summed E-state index contributed by atoms with van der Waals surface area (Å²) in [5.74, 6) is 1.12. The topological polar surface area (TPSA) is 78.4 Å². The quantitative estimate of drug-likeness (QED) is 0.682. The maximum absolute atomic E-state index is 11.0. The van der Waals surface area contributed by atoms with Gasteiger partial charge in [0.1, 0.15) is 11.5 Å². The largest absolute Gasteiger partial charge is 0.457 e. The first kappa shape index (κ1) is 14.0. The van der Waals surface area contributed by atoms with Gasteiger partial charge < -0.3 is 10.5 Å². The Morgan fingerprint density at radius 3 is 2.35 bits per heavy atom. The predicted octanol–water partition coefficient (Wildman–Crippen LogP) is 3.46. The molecule has 0 amide bonds. The smallest absolute Gasteiger partial charge is 0.276 e. The summed E-state index contributed by atoms with van der Waals surface area (Å²) in [5, 5.41) is 11.0. The van der Waals surface area contributed by atoms with Gasteiger partial charge in [-0.1, -0.05) is 12.1 Å². The molecule has 0 spiro atoms. The molecular formula is C15H16N2O3. The Balaban J connectivity index is 2.32. The molecule has 0 aliphatic heterocycles. The molecule has 20 heavy (non-hydrogen) atoms. The van der Waals surface area contributed by atoms with Crippen LogP contribution in [-0.2, 0) is 6.54 Å². The van der Waals surface area contributed by atoms with Crippen molar-refractivity contribution < 1.29 is 9.66 Å². The van der Waals surface area contributed by atoms with Crippen molar-refractivity contribution in [3.8, 4) is 11.5 Å². The molecule has 0 aliphatic rings.